The second kappa shape index (κ2) is 29.1. The molecule has 0 radical (unpaired) electrons. The Labute approximate surface area is 465 Å². The maximum Gasteiger partial charge on any atom is 0.407 e. The van der Waals surface area contributed by atoms with Crippen molar-refractivity contribution >= 4 is 64.5 Å². The Hall–Kier alpha value is -8.21. The number of aromatic nitrogens is 4. The summed E-state index contributed by atoms with van der Waals surface area (Å²) in [7, 11) is 1.35. The van der Waals surface area contributed by atoms with Gasteiger partial charge in [-0.25, -0.2) is 14.6 Å². The number of nitro groups is 1. The second-order valence-electron chi connectivity index (χ2n) is 19.1. The zero-order chi connectivity index (χ0) is 57.0. The fraction of sp³-hybridized carbons (Fsp3) is 0.529. The largest absolute Gasteiger partial charge is 0.493 e. The van der Waals surface area contributed by atoms with E-state index in [0.29, 0.717) is 41.5 Å². The number of imidazole rings is 1. The normalized spacial score (nSPS) is 16.8. The van der Waals surface area contributed by atoms with Gasteiger partial charge in [-0.3, -0.25) is 24.5 Å². The smallest absolute Gasteiger partial charge is 0.407 e. The number of hydrogen-bond donors (Lipinski definition) is 8. The average Bonchev–Trinajstić information content (AvgIpc) is 3.66. The zero-order valence-corrected chi connectivity index (χ0v) is 45.7. The summed E-state index contributed by atoms with van der Waals surface area (Å²) in [4.78, 5) is 91.9. The predicted octanol–water partition coefficient (Wildman–Crippen LogP) is 4.03. The lowest BCUT2D eigenvalue weighted by Crippen LogP contribution is -2.44. The van der Waals surface area contributed by atoms with Crippen LogP contribution in [0.25, 0.3) is 11.2 Å². The number of nitrogens with one attached hydrogen (secondary N) is 7. The highest BCUT2D eigenvalue weighted by Crippen LogP contribution is 2.39. The first-order valence-electron chi connectivity index (χ1n) is 26.2. The van der Waals surface area contributed by atoms with E-state index in [-0.39, 0.29) is 126 Å². The summed E-state index contributed by atoms with van der Waals surface area (Å²) in [5, 5.41) is 38.2. The SMILES string of the molecule is C=C1NC2CSC(CCCCNC(=O)OCCOCCN(CC(=O)NCCNC(=O)OC(C)c3cc(OC)c(OCCCC(=O)NCc4ccc(COc5nc(N)nc6nc[nH]c56)cc4)cc3[N+](=O)[O-])C(=O)CCC3(C)N=N3)C2N1. The Morgan fingerprint density at radius 2 is 1.69 bits per heavy atom. The first kappa shape index (κ1) is 59.5. The van der Waals surface area contributed by atoms with Gasteiger partial charge >= 0.3 is 12.2 Å². The lowest BCUT2D eigenvalue weighted by atomic mass is 10.0. The third kappa shape index (κ3) is 18.2. The fourth-order valence-corrected chi connectivity index (χ4v) is 10.2. The van der Waals surface area contributed by atoms with Gasteiger partial charge in [-0.05, 0) is 50.3 Å². The highest BCUT2D eigenvalue weighted by atomic mass is 32.2. The molecule has 2 aromatic heterocycles. The number of nitro benzene ring substituents is 1. The van der Waals surface area contributed by atoms with Crippen LogP contribution in [0.5, 0.6) is 17.4 Å². The van der Waals surface area contributed by atoms with Gasteiger partial charge in [-0.2, -0.15) is 32.0 Å². The van der Waals surface area contributed by atoms with Crippen molar-refractivity contribution < 1.29 is 57.3 Å². The standard InChI is InChI=1S/C51H69N15O13S/c1-31(35-24-38(74-4)39(25-37(35)66(72)73)76-20-7-9-41(67)56-26-33-10-12-34(13-11-33)28-78-47-45-46(58-30-57-45)61-48(52)62-47)79-50(71)55-18-17-53-42(68)27-65(43(69)14-15-51(3)63-64-51)19-21-75-22-23-77-49(70)54-16-6-5-8-40-44-36(29-80-40)59-32(2)60-44/h10-13,24-25,30-31,36,40,44,59-60H,2,5-9,14-23,26-29H2,1,3-4H3,(H,53,68)(H,54,70)(H,55,71)(H,56,67)(H3,52,57,58,61,62). The van der Waals surface area contributed by atoms with Crippen molar-refractivity contribution in [3.63, 3.8) is 0 Å². The minimum atomic E-state index is -1.12. The number of aromatic amines is 1. The number of nitrogens with zero attached hydrogens (tertiary/aromatic N) is 7. The Morgan fingerprint density at radius 3 is 2.46 bits per heavy atom. The number of fused-ring (bicyclic) bond motifs is 2. The van der Waals surface area contributed by atoms with E-state index in [0.717, 1.165) is 42.0 Å². The van der Waals surface area contributed by atoms with Crippen LogP contribution in [0.3, 0.4) is 0 Å². The van der Waals surface area contributed by atoms with Crippen LogP contribution in [0.1, 0.15) is 81.6 Å². The van der Waals surface area contributed by atoms with Gasteiger partial charge in [0, 0.05) is 63.0 Å². The van der Waals surface area contributed by atoms with Gasteiger partial charge in [0.25, 0.3) is 5.69 Å². The molecule has 3 aliphatic rings. The molecule has 5 heterocycles. The lowest BCUT2D eigenvalue weighted by molar-refractivity contribution is -0.386. The quantitative estimate of drug-likeness (QED) is 0.0190. The van der Waals surface area contributed by atoms with Crippen LogP contribution >= 0.6 is 11.8 Å². The molecule has 0 aliphatic carbocycles. The van der Waals surface area contributed by atoms with Gasteiger partial charge in [0.15, 0.2) is 22.8 Å². The Bertz CT molecular complexity index is 2830. The number of unbranched alkanes of at least 4 members (excludes halogenated alkanes) is 1. The third-order valence-electron chi connectivity index (χ3n) is 13.0. The van der Waals surface area contributed by atoms with Crippen LogP contribution in [0.2, 0.25) is 0 Å². The number of alkyl carbamates (subject to hydrolysis) is 2. The number of benzene rings is 2. The molecule has 4 aromatic rings. The summed E-state index contributed by atoms with van der Waals surface area (Å²) in [5.41, 5.74) is 7.43. The summed E-state index contributed by atoms with van der Waals surface area (Å²) in [6.07, 6.45) is 2.59. The van der Waals surface area contributed by atoms with E-state index in [1.165, 1.54) is 37.4 Å². The molecule has 2 aromatic carbocycles. The number of carbonyl (C=O) groups is 5. The number of rotatable bonds is 33. The van der Waals surface area contributed by atoms with Crippen LogP contribution in [-0.2, 0) is 41.7 Å². The Morgan fingerprint density at radius 1 is 0.912 bits per heavy atom. The molecule has 28 nitrogen and oxygen atoms in total. The number of anilines is 1. The number of nitrogen functional groups attached to an aromatic ring is 1. The van der Waals surface area contributed by atoms with Gasteiger partial charge in [0.2, 0.25) is 29.5 Å². The van der Waals surface area contributed by atoms with Crippen molar-refractivity contribution in [1.82, 2.24) is 56.7 Å². The molecule has 4 atom stereocenters. The Kier molecular flexibility index (Phi) is 21.6. The molecule has 4 unspecified atom stereocenters. The maximum atomic E-state index is 13.2. The van der Waals surface area contributed by atoms with E-state index in [1.54, 1.807) is 6.92 Å². The summed E-state index contributed by atoms with van der Waals surface area (Å²) in [6, 6.07) is 10.8. The molecule has 3 aliphatic heterocycles. The minimum Gasteiger partial charge on any atom is -0.493 e. The van der Waals surface area contributed by atoms with Gasteiger partial charge in [0.1, 0.15) is 24.8 Å². The van der Waals surface area contributed by atoms with Gasteiger partial charge < -0.3 is 75.9 Å². The summed E-state index contributed by atoms with van der Waals surface area (Å²) in [5.74, 6) is 1.42. The molecule has 0 spiro atoms. The van der Waals surface area contributed by atoms with E-state index in [1.807, 2.05) is 36.0 Å². The van der Waals surface area contributed by atoms with Crippen LogP contribution < -0.4 is 51.8 Å². The first-order chi connectivity index (χ1) is 38.6. The fourth-order valence-electron chi connectivity index (χ4n) is 8.63. The second-order valence-corrected chi connectivity index (χ2v) is 20.4. The molecule has 9 N–H and O–H groups in total. The van der Waals surface area contributed by atoms with Crippen LogP contribution in [0.4, 0.5) is 21.2 Å². The molecule has 5 amide bonds. The number of hydrogen-bond acceptors (Lipinski definition) is 22. The number of amides is 5. The predicted molar refractivity (Wildman–Crippen MR) is 291 cm³/mol. The number of nitrogens with two attached hydrogens (primary N) is 1. The Balaban J connectivity index is 0.757. The number of carbonyl (C=O) groups excluding carboxylic acids is 5. The first-order valence-corrected chi connectivity index (χ1v) is 27.3. The highest BCUT2D eigenvalue weighted by molar-refractivity contribution is 8.00. The highest BCUT2D eigenvalue weighted by Gasteiger charge is 2.40. The number of H-pyrrole nitrogens is 1. The van der Waals surface area contributed by atoms with Crippen molar-refractivity contribution in [3.8, 4) is 17.4 Å². The third-order valence-corrected chi connectivity index (χ3v) is 14.5. The number of thioether (sulfide) groups is 1. The summed E-state index contributed by atoms with van der Waals surface area (Å²) in [6.45, 7) is 8.04. The molecule has 2 fully saturated rings. The average molecular weight is 1130 g/mol. The van der Waals surface area contributed by atoms with E-state index in [9.17, 15) is 34.1 Å². The lowest BCUT2D eigenvalue weighted by Gasteiger charge is -2.22. The van der Waals surface area contributed by atoms with Crippen molar-refractivity contribution in [3.05, 3.63) is 81.9 Å². The molecular weight excluding hydrogens is 1060 g/mol. The van der Waals surface area contributed by atoms with Gasteiger partial charge in [-0.1, -0.05) is 37.3 Å². The maximum absolute atomic E-state index is 13.2. The summed E-state index contributed by atoms with van der Waals surface area (Å²) < 4.78 is 33.4. The molecule has 29 heteroatoms. The molecule has 432 valence electrons. The molecule has 80 heavy (non-hydrogen) atoms. The van der Waals surface area contributed by atoms with Crippen LogP contribution in [-0.4, -0.2) is 155 Å². The zero-order valence-electron chi connectivity index (χ0n) is 44.9. The van der Waals surface area contributed by atoms with Crippen LogP contribution in [0.15, 0.2) is 65.4 Å². The van der Waals surface area contributed by atoms with E-state index < -0.39 is 40.5 Å². The number of ether oxygens (including phenoxy) is 6. The van der Waals surface area contributed by atoms with E-state index in [2.05, 4.69) is 68.6 Å². The molecule has 7 rings (SSSR count). The van der Waals surface area contributed by atoms with Crippen LogP contribution in [0, 0.1) is 10.1 Å². The van der Waals surface area contributed by atoms with Crippen molar-refractivity contribution in [1.29, 1.82) is 0 Å². The van der Waals surface area contributed by atoms with E-state index in [4.69, 9.17) is 34.2 Å². The minimum absolute atomic E-state index is 0.00249. The van der Waals surface area contributed by atoms with Crippen molar-refractivity contribution in [2.45, 2.75) is 101 Å². The molecule has 0 saturated carbocycles. The molecule has 2 saturated heterocycles. The van der Waals surface area contributed by atoms with Crippen molar-refractivity contribution in [2.24, 2.45) is 10.2 Å². The molecule has 0 bridgehead atoms. The van der Waals surface area contributed by atoms with E-state index >= 15 is 0 Å². The monoisotopic (exact) mass is 1130 g/mol. The van der Waals surface area contributed by atoms with Gasteiger partial charge in [-0.15, -0.1) is 0 Å². The topological polar surface area (TPSA) is 364 Å². The van der Waals surface area contributed by atoms with Crippen molar-refractivity contribution in [2.75, 3.05) is 77.7 Å². The van der Waals surface area contributed by atoms with Gasteiger partial charge in [0.05, 0.1) is 74.3 Å². The number of methoxy groups -OCH3 is 1. The summed E-state index contributed by atoms with van der Waals surface area (Å²) >= 11 is 1.95. The molecular formula is C51H69N15O13S.